The fraction of sp³-hybridized carbons (Fsp3) is 0.176. The van der Waals surface area contributed by atoms with Crippen molar-refractivity contribution in [3.63, 3.8) is 0 Å². The molecule has 0 unspecified atom stereocenters. The van der Waals surface area contributed by atoms with E-state index in [0.29, 0.717) is 23.3 Å². The van der Waals surface area contributed by atoms with Crippen molar-refractivity contribution in [1.82, 2.24) is 9.46 Å². The highest BCUT2D eigenvalue weighted by Crippen LogP contribution is 2.17. The van der Waals surface area contributed by atoms with Crippen LogP contribution in [0.1, 0.15) is 24.4 Å². The van der Waals surface area contributed by atoms with Crippen molar-refractivity contribution in [2.24, 2.45) is 0 Å². The van der Waals surface area contributed by atoms with Crippen molar-refractivity contribution >= 4 is 18.9 Å². The van der Waals surface area contributed by atoms with Gasteiger partial charge in [-0.25, -0.2) is 4.98 Å². The number of hydrogen-bond donors (Lipinski definition) is 0. The van der Waals surface area contributed by atoms with E-state index in [9.17, 15) is 4.79 Å². The van der Waals surface area contributed by atoms with E-state index in [0.717, 1.165) is 10.0 Å². The molecule has 1 heterocycles. The maximum atomic E-state index is 12.3. The summed E-state index contributed by atoms with van der Waals surface area (Å²) in [6, 6.07) is 17.0. The molecule has 0 aliphatic carbocycles. The van der Waals surface area contributed by atoms with Gasteiger partial charge in [0.1, 0.15) is 11.9 Å². The zero-order chi connectivity index (χ0) is 15.5. The summed E-state index contributed by atoms with van der Waals surface area (Å²) < 4.78 is 6.86. The monoisotopic (exact) mass is 290 g/mol. The first-order valence-corrected chi connectivity index (χ1v) is 7.09. The highest BCUT2D eigenvalue weighted by Gasteiger charge is 2.14. The van der Waals surface area contributed by atoms with Crippen molar-refractivity contribution < 1.29 is 4.74 Å². The summed E-state index contributed by atoms with van der Waals surface area (Å²) in [4.78, 5) is 16.7. The molecule has 0 saturated heterocycles. The lowest BCUT2D eigenvalue weighted by atomic mass is 10.2. The molecule has 3 rings (SSSR count). The molecule has 0 aliphatic heterocycles. The molecule has 3 aromatic rings. The van der Waals surface area contributed by atoms with Crippen LogP contribution in [0.2, 0.25) is 0 Å². The molecule has 0 aliphatic rings. The van der Waals surface area contributed by atoms with E-state index in [-0.39, 0.29) is 11.7 Å². The summed E-state index contributed by atoms with van der Waals surface area (Å²) in [7, 11) is 5.88. The topological polar surface area (TPSA) is 44.1 Å². The second-order valence-electron chi connectivity index (χ2n) is 5.10. The third kappa shape index (κ3) is 2.80. The minimum atomic E-state index is -0.387. The van der Waals surface area contributed by atoms with Gasteiger partial charge in [-0.3, -0.25) is 4.79 Å². The van der Waals surface area contributed by atoms with Gasteiger partial charge in [-0.05, 0) is 24.6 Å². The first-order chi connectivity index (χ1) is 10.7. The van der Waals surface area contributed by atoms with E-state index in [1.54, 1.807) is 18.2 Å². The van der Waals surface area contributed by atoms with Gasteiger partial charge in [-0.15, -0.1) is 0 Å². The molecular formula is C17H15BN2O2. The number of ether oxygens (including phenoxy) is 1. The summed E-state index contributed by atoms with van der Waals surface area (Å²) in [5.41, 5.74) is 1.41. The molecule has 1 aromatic heterocycles. The Hall–Kier alpha value is -2.40. The van der Waals surface area contributed by atoms with Gasteiger partial charge in [0.15, 0.2) is 0 Å². The van der Waals surface area contributed by atoms with Crippen molar-refractivity contribution in [3.8, 4) is 0 Å². The molecule has 0 spiro atoms. The number of aromatic nitrogens is 2. The Balaban J connectivity index is 1.89. The van der Waals surface area contributed by atoms with E-state index in [1.807, 2.05) is 43.3 Å². The molecule has 5 heteroatoms. The summed E-state index contributed by atoms with van der Waals surface area (Å²) in [5.74, 6) is 0.416. The van der Waals surface area contributed by atoms with Gasteiger partial charge in [-0.2, -0.15) is 0 Å². The first kappa shape index (κ1) is 14.5. The van der Waals surface area contributed by atoms with Gasteiger partial charge >= 0.3 is 0 Å². The van der Waals surface area contributed by atoms with Crippen molar-refractivity contribution in [2.75, 3.05) is 0 Å². The molecule has 2 aromatic carbocycles. The largest absolute Gasteiger partial charge is 0.366 e. The molecule has 0 N–H and O–H groups in total. The highest BCUT2D eigenvalue weighted by atomic mass is 16.5. The van der Waals surface area contributed by atoms with Crippen LogP contribution >= 0.6 is 0 Å². The van der Waals surface area contributed by atoms with Crippen LogP contribution in [-0.2, 0) is 11.3 Å². The normalized spacial score (nSPS) is 12.4. The molecule has 0 amide bonds. The Morgan fingerprint density at radius 3 is 2.59 bits per heavy atom. The lowest BCUT2D eigenvalue weighted by molar-refractivity contribution is 0.0459. The van der Waals surface area contributed by atoms with Crippen LogP contribution in [0.25, 0.3) is 10.9 Å². The molecule has 0 fully saturated rings. The maximum absolute atomic E-state index is 12.3. The lowest BCUT2D eigenvalue weighted by Gasteiger charge is -2.17. The Bertz CT molecular complexity index is 846. The second kappa shape index (κ2) is 6.16. The Morgan fingerprint density at radius 1 is 1.14 bits per heavy atom. The quantitative estimate of drug-likeness (QED) is 0.694. The summed E-state index contributed by atoms with van der Waals surface area (Å²) >= 11 is 0. The van der Waals surface area contributed by atoms with Gasteiger partial charge in [-0.1, -0.05) is 42.5 Å². The van der Waals surface area contributed by atoms with Gasteiger partial charge in [0, 0.05) is 0 Å². The minimum absolute atomic E-state index is 0.268. The van der Waals surface area contributed by atoms with Gasteiger partial charge < -0.3 is 9.21 Å². The lowest BCUT2D eigenvalue weighted by Crippen LogP contribution is -2.25. The number of rotatable bonds is 4. The molecule has 1 atom stereocenters. The standard InChI is InChI=1S/C17H15BN2O2/c1-12(22-11-13-7-3-2-4-8-13)16-19-15-10-6-5-9-14(15)17(21)20(16)18/h2-10,12H,11H2,1H3/t12-/m0/s1. The molecular weight excluding hydrogens is 275 g/mol. The smallest absolute Gasteiger partial charge is 0.248 e. The third-order valence-corrected chi connectivity index (χ3v) is 3.54. The molecule has 4 nitrogen and oxygen atoms in total. The molecule has 0 bridgehead atoms. The zero-order valence-electron chi connectivity index (χ0n) is 12.3. The number of nitrogens with zero attached hydrogens (tertiary/aromatic N) is 2. The second-order valence-corrected chi connectivity index (χ2v) is 5.10. The van der Waals surface area contributed by atoms with E-state index < -0.39 is 0 Å². The number of fused-ring (bicyclic) bond motifs is 1. The molecule has 2 radical (unpaired) electrons. The Morgan fingerprint density at radius 2 is 1.82 bits per heavy atom. The summed E-state index contributed by atoms with van der Waals surface area (Å²) in [6.45, 7) is 2.27. The van der Waals surface area contributed by atoms with E-state index >= 15 is 0 Å². The Kier molecular flexibility index (Phi) is 4.07. The number of benzene rings is 2. The first-order valence-electron chi connectivity index (χ1n) is 7.09. The van der Waals surface area contributed by atoms with Gasteiger partial charge in [0.25, 0.3) is 0 Å². The average molecular weight is 290 g/mol. The summed E-state index contributed by atoms with van der Waals surface area (Å²) in [6.07, 6.45) is -0.387. The van der Waals surface area contributed by atoms with Crippen LogP contribution < -0.4 is 5.56 Å². The number of para-hydroxylation sites is 1. The molecule has 108 valence electrons. The van der Waals surface area contributed by atoms with Crippen molar-refractivity contribution in [3.05, 3.63) is 76.3 Å². The van der Waals surface area contributed by atoms with Crippen molar-refractivity contribution in [1.29, 1.82) is 0 Å². The van der Waals surface area contributed by atoms with Crippen LogP contribution in [0.3, 0.4) is 0 Å². The van der Waals surface area contributed by atoms with Crippen LogP contribution in [-0.4, -0.2) is 17.4 Å². The third-order valence-electron chi connectivity index (χ3n) is 3.54. The fourth-order valence-electron chi connectivity index (χ4n) is 2.32. The predicted molar refractivity (Wildman–Crippen MR) is 86.8 cm³/mol. The number of hydrogen-bond acceptors (Lipinski definition) is 3. The van der Waals surface area contributed by atoms with E-state index in [2.05, 4.69) is 4.98 Å². The average Bonchev–Trinajstić information content (AvgIpc) is 2.57. The van der Waals surface area contributed by atoms with E-state index in [4.69, 9.17) is 12.7 Å². The minimum Gasteiger partial charge on any atom is -0.366 e. The van der Waals surface area contributed by atoms with Crippen molar-refractivity contribution in [2.45, 2.75) is 19.6 Å². The van der Waals surface area contributed by atoms with Crippen LogP contribution in [0, 0.1) is 0 Å². The highest BCUT2D eigenvalue weighted by molar-refractivity contribution is 6.07. The maximum Gasteiger partial charge on any atom is 0.248 e. The molecule has 22 heavy (non-hydrogen) atoms. The van der Waals surface area contributed by atoms with Crippen LogP contribution in [0.5, 0.6) is 0 Å². The summed E-state index contributed by atoms with van der Waals surface area (Å²) in [5, 5.41) is 0.504. The Labute approximate surface area is 129 Å². The zero-order valence-corrected chi connectivity index (χ0v) is 12.3. The molecule has 0 saturated carbocycles. The SMILES string of the molecule is [B]n1c([C@H](C)OCc2ccccc2)nc2ccccc2c1=O. The predicted octanol–water partition coefficient (Wildman–Crippen LogP) is 2.61. The van der Waals surface area contributed by atoms with Crippen LogP contribution in [0.4, 0.5) is 0 Å². The van der Waals surface area contributed by atoms with Gasteiger partial charge in [0.05, 0.1) is 17.5 Å². The van der Waals surface area contributed by atoms with E-state index in [1.165, 1.54) is 0 Å². The van der Waals surface area contributed by atoms with Gasteiger partial charge in [0.2, 0.25) is 13.5 Å². The fourth-order valence-corrected chi connectivity index (χ4v) is 2.32. The van der Waals surface area contributed by atoms with Crippen LogP contribution in [0.15, 0.2) is 59.4 Å².